The van der Waals surface area contributed by atoms with Crippen LogP contribution in [0.1, 0.15) is 11.9 Å². The number of thiophene rings is 1. The minimum absolute atomic E-state index is 0.0268. The largest absolute Gasteiger partial charge is 0.360 e. The Kier molecular flexibility index (Phi) is 3.31. The molecule has 0 bridgehead atoms. The molecule has 3 aromatic rings. The van der Waals surface area contributed by atoms with E-state index in [4.69, 9.17) is 0 Å². The number of aromatic nitrogens is 3. The molecule has 0 spiro atoms. The SMILES string of the molecule is CCNc1nnc(Cn2ccc3sccc3c2=O)s1. The highest BCUT2D eigenvalue weighted by atomic mass is 32.1. The number of anilines is 1. The van der Waals surface area contributed by atoms with E-state index in [1.54, 1.807) is 15.9 Å². The summed E-state index contributed by atoms with van der Waals surface area (Å²) in [7, 11) is 0. The van der Waals surface area contributed by atoms with Crippen molar-refractivity contribution in [1.29, 1.82) is 0 Å². The van der Waals surface area contributed by atoms with Gasteiger partial charge < -0.3 is 9.88 Å². The first-order valence-electron chi connectivity index (χ1n) is 5.91. The van der Waals surface area contributed by atoms with Gasteiger partial charge in [0.15, 0.2) is 0 Å². The molecule has 3 aromatic heterocycles. The van der Waals surface area contributed by atoms with Gasteiger partial charge in [-0.1, -0.05) is 11.3 Å². The Hall–Kier alpha value is -1.73. The first-order valence-corrected chi connectivity index (χ1v) is 7.60. The Morgan fingerprint density at radius 2 is 2.26 bits per heavy atom. The molecule has 98 valence electrons. The van der Waals surface area contributed by atoms with Crippen LogP contribution < -0.4 is 10.9 Å². The summed E-state index contributed by atoms with van der Waals surface area (Å²) in [4.78, 5) is 12.2. The van der Waals surface area contributed by atoms with Crippen LogP contribution in [-0.4, -0.2) is 21.3 Å². The van der Waals surface area contributed by atoms with Gasteiger partial charge in [0.05, 0.1) is 11.9 Å². The average molecular weight is 292 g/mol. The summed E-state index contributed by atoms with van der Waals surface area (Å²) in [6.07, 6.45) is 1.81. The zero-order chi connectivity index (χ0) is 13.2. The van der Waals surface area contributed by atoms with Crippen LogP contribution in [0.3, 0.4) is 0 Å². The maximum absolute atomic E-state index is 12.2. The monoisotopic (exact) mass is 292 g/mol. The molecule has 3 heterocycles. The number of nitrogens with one attached hydrogen (secondary N) is 1. The number of hydrogen-bond donors (Lipinski definition) is 1. The first kappa shape index (κ1) is 12.3. The van der Waals surface area contributed by atoms with E-state index in [9.17, 15) is 4.79 Å². The molecule has 0 saturated carbocycles. The van der Waals surface area contributed by atoms with E-state index in [1.807, 2.05) is 30.6 Å². The van der Waals surface area contributed by atoms with Gasteiger partial charge in [0, 0.05) is 17.4 Å². The minimum Gasteiger partial charge on any atom is -0.360 e. The second kappa shape index (κ2) is 5.10. The molecular weight excluding hydrogens is 280 g/mol. The summed E-state index contributed by atoms with van der Waals surface area (Å²) in [6.45, 7) is 3.29. The Labute approximate surface area is 117 Å². The van der Waals surface area contributed by atoms with Gasteiger partial charge in [0.2, 0.25) is 5.13 Å². The number of fused-ring (bicyclic) bond motifs is 1. The van der Waals surface area contributed by atoms with E-state index in [1.165, 1.54) is 11.3 Å². The van der Waals surface area contributed by atoms with Crippen molar-refractivity contribution in [2.75, 3.05) is 11.9 Å². The second-order valence-electron chi connectivity index (χ2n) is 3.98. The van der Waals surface area contributed by atoms with Gasteiger partial charge in [0.25, 0.3) is 5.56 Å². The lowest BCUT2D eigenvalue weighted by atomic mass is 10.3. The van der Waals surface area contributed by atoms with Gasteiger partial charge in [-0.3, -0.25) is 4.79 Å². The predicted octanol–water partition coefficient (Wildman–Crippen LogP) is 2.39. The zero-order valence-corrected chi connectivity index (χ0v) is 11.9. The molecule has 0 amide bonds. The lowest BCUT2D eigenvalue weighted by Gasteiger charge is -2.02. The van der Waals surface area contributed by atoms with Crippen molar-refractivity contribution in [2.24, 2.45) is 0 Å². The van der Waals surface area contributed by atoms with Crippen LogP contribution in [0, 0.1) is 0 Å². The molecule has 0 aliphatic heterocycles. The molecule has 0 fully saturated rings. The second-order valence-corrected chi connectivity index (χ2v) is 5.99. The summed E-state index contributed by atoms with van der Waals surface area (Å²) < 4.78 is 2.69. The van der Waals surface area contributed by atoms with Crippen LogP contribution in [0.2, 0.25) is 0 Å². The standard InChI is InChI=1S/C12H12N4OS2/c1-2-13-12-15-14-10(19-12)7-16-5-3-9-8(11(16)17)4-6-18-9/h3-6H,2,7H2,1H3,(H,13,15). The van der Waals surface area contributed by atoms with Crippen LogP contribution in [0.4, 0.5) is 5.13 Å². The third-order valence-electron chi connectivity index (χ3n) is 2.69. The molecule has 5 nitrogen and oxygen atoms in total. The number of pyridine rings is 1. The fraction of sp³-hybridized carbons (Fsp3) is 0.250. The van der Waals surface area contributed by atoms with Crippen molar-refractivity contribution in [3.8, 4) is 0 Å². The molecule has 0 aliphatic rings. The Morgan fingerprint density at radius 3 is 3.11 bits per heavy atom. The van der Waals surface area contributed by atoms with Crippen molar-refractivity contribution in [2.45, 2.75) is 13.5 Å². The van der Waals surface area contributed by atoms with E-state index in [-0.39, 0.29) is 5.56 Å². The average Bonchev–Trinajstić information content (AvgIpc) is 3.03. The predicted molar refractivity (Wildman–Crippen MR) is 79.3 cm³/mol. The molecule has 0 aromatic carbocycles. The third kappa shape index (κ3) is 2.39. The number of nitrogens with zero attached hydrogens (tertiary/aromatic N) is 3. The van der Waals surface area contributed by atoms with E-state index < -0.39 is 0 Å². The lowest BCUT2D eigenvalue weighted by Crippen LogP contribution is -2.19. The molecule has 0 atom stereocenters. The van der Waals surface area contributed by atoms with E-state index in [0.717, 1.165) is 26.8 Å². The van der Waals surface area contributed by atoms with Crippen molar-refractivity contribution in [3.63, 3.8) is 0 Å². The molecule has 1 N–H and O–H groups in total. The van der Waals surface area contributed by atoms with Crippen LogP contribution in [-0.2, 0) is 6.54 Å². The topological polar surface area (TPSA) is 59.8 Å². The van der Waals surface area contributed by atoms with Crippen molar-refractivity contribution < 1.29 is 0 Å². The van der Waals surface area contributed by atoms with Crippen LogP contribution >= 0.6 is 22.7 Å². The van der Waals surface area contributed by atoms with Crippen LogP contribution in [0.5, 0.6) is 0 Å². The summed E-state index contributed by atoms with van der Waals surface area (Å²) in [5.74, 6) is 0. The first-order chi connectivity index (χ1) is 9.28. The Bertz CT molecular complexity index is 758. The van der Waals surface area contributed by atoms with Crippen molar-refractivity contribution in [1.82, 2.24) is 14.8 Å². The van der Waals surface area contributed by atoms with Crippen molar-refractivity contribution in [3.05, 3.63) is 39.1 Å². The fourth-order valence-electron chi connectivity index (χ4n) is 1.82. The maximum Gasteiger partial charge on any atom is 0.259 e. The summed E-state index contributed by atoms with van der Waals surface area (Å²) in [5, 5.41) is 15.6. The van der Waals surface area contributed by atoms with Gasteiger partial charge in [-0.2, -0.15) is 0 Å². The van der Waals surface area contributed by atoms with Gasteiger partial charge in [-0.25, -0.2) is 0 Å². The quantitative estimate of drug-likeness (QED) is 0.802. The van der Waals surface area contributed by atoms with E-state index in [0.29, 0.717) is 6.54 Å². The zero-order valence-electron chi connectivity index (χ0n) is 10.3. The smallest absolute Gasteiger partial charge is 0.259 e. The van der Waals surface area contributed by atoms with E-state index in [2.05, 4.69) is 15.5 Å². The fourth-order valence-corrected chi connectivity index (χ4v) is 3.40. The van der Waals surface area contributed by atoms with Gasteiger partial charge in [-0.15, -0.1) is 21.5 Å². The third-order valence-corrected chi connectivity index (χ3v) is 4.44. The van der Waals surface area contributed by atoms with Crippen LogP contribution in [0.25, 0.3) is 10.1 Å². The summed E-state index contributed by atoms with van der Waals surface area (Å²) in [5.41, 5.74) is 0.0268. The lowest BCUT2D eigenvalue weighted by molar-refractivity contribution is 0.752. The Morgan fingerprint density at radius 1 is 1.37 bits per heavy atom. The van der Waals surface area contributed by atoms with Gasteiger partial charge in [-0.05, 0) is 24.4 Å². The highest BCUT2D eigenvalue weighted by Crippen LogP contribution is 2.18. The molecular formula is C12H12N4OS2. The normalized spacial score (nSPS) is 11.0. The summed E-state index contributed by atoms with van der Waals surface area (Å²) in [6, 6.07) is 3.83. The van der Waals surface area contributed by atoms with Gasteiger partial charge in [0.1, 0.15) is 5.01 Å². The number of rotatable bonds is 4. The maximum atomic E-state index is 12.2. The molecule has 7 heteroatoms. The van der Waals surface area contributed by atoms with E-state index >= 15 is 0 Å². The highest BCUT2D eigenvalue weighted by molar-refractivity contribution is 7.17. The summed E-state index contributed by atoms with van der Waals surface area (Å²) >= 11 is 3.06. The number of hydrogen-bond acceptors (Lipinski definition) is 6. The molecule has 19 heavy (non-hydrogen) atoms. The molecule has 3 rings (SSSR count). The minimum atomic E-state index is 0.0268. The van der Waals surface area contributed by atoms with Gasteiger partial charge >= 0.3 is 0 Å². The highest BCUT2D eigenvalue weighted by Gasteiger charge is 2.07. The molecule has 0 unspecified atom stereocenters. The van der Waals surface area contributed by atoms with Crippen molar-refractivity contribution >= 4 is 37.9 Å². The Balaban J connectivity index is 1.91. The molecule has 0 saturated heterocycles. The molecule has 0 aliphatic carbocycles. The molecule has 0 radical (unpaired) electrons. The van der Waals surface area contributed by atoms with Crippen LogP contribution in [0.15, 0.2) is 28.5 Å².